The monoisotopic (exact) mass is 369 g/mol. The van der Waals surface area contributed by atoms with Crippen molar-refractivity contribution in [2.75, 3.05) is 12.4 Å². The Balaban J connectivity index is 2.16. The van der Waals surface area contributed by atoms with Crippen LogP contribution in [-0.4, -0.2) is 13.0 Å². The third-order valence-corrected chi connectivity index (χ3v) is 4.00. The van der Waals surface area contributed by atoms with E-state index in [-0.39, 0.29) is 5.91 Å². The van der Waals surface area contributed by atoms with Gasteiger partial charge in [0.05, 0.1) is 12.1 Å². The van der Waals surface area contributed by atoms with Gasteiger partial charge in [0.15, 0.2) is 0 Å². The number of hydrogen-bond donors (Lipinski definition) is 1. The van der Waals surface area contributed by atoms with Crippen LogP contribution in [-0.2, 0) is 4.79 Å². The lowest BCUT2D eigenvalue weighted by Gasteiger charge is -2.08. The number of benzene rings is 2. The zero-order valence-corrected chi connectivity index (χ0v) is 14.8. The maximum atomic E-state index is 12.0. The number of rotatable bonds is 4. The molecule has 0 radical (unpaired) electrons. The van der Waals surface area contributed by atoms with Crippen LogP contribution < -0.4 is 10.1 Å². The van der Waals surface area contributed by atoms with Crippen molar-refractivity contribution in [2.45, 2.75) is 6.92 Å². The Hall–Kier alpha value is -1.68. The molecule has 2 rings (SSSR count). The molecule has 0 unspecified atom stereocenters. The smallest absolute Gasteiger partial charge is 0.248 e. The Bertz CT molecular complexity index is 773. The second-order valence-electron chi connectivity index (χ2n) is 4.80. The number of amides is 1. The molecule has 0 spiro atoms. The van der Waals surface area contributed by atoms with Crippen LogP contribution in [0.15, 0.2) is 36.4 Å². The van der Waals surface area contributed by atoms with E-state index in [4.69, 9.17) is 39.5 Å². The highest BCUT2D eigenvalue weighted by Crippen LogP contribution is 2.33. The molecular weight excluding hydrogens is 357 g/mol. The Kier molecular flexibility index (Phi) is 5.94. The van der Waals surface area contributed by atoms with Gasteiger partial charge in [-0.25, -0.2) is 0 Å². The first-order valence-corrected chi connectivity index (χ1v) is 7.82. The van der Waals surface area contributed by atoms with E-state index in [9.17, 15) is 4.79 Å². The lowest BCUT2D eigenvalue weighted by Crippen LogP contribution is -2.07. The van der Waals surface area contributed by atoms with Crippen LogP contribution in [0.1, 0.15) is 11.1 Å². The van der Waals surface area contributed by atoms with Gasteiger partial charge in [0.2, 0.25) is 5.91 Å². The number of carbonyl (C=O) groups is 1. The summed E-state index contributed by atoms with van der Waals surface area (Å²) in [5.41, 5.74) is 2.17. The first-order chi connectivity index (χ1) is 10.9. The van der Waals surface area contributed by atoms with Crippen molar-refractivity contribution in [2.24, 2.45) is 0 Å². The molecule has 1 N–H and O–H groups in total. The van der Waals surface area contributed by atoms with Crippen molar-refractivity contribution < 1.29 is 9.53 Å². The summed E-state index contributed by atoms with van der Waals surface area (Å²) in [6.45, 7) is 1.89. The molecule has 2 aromatic carbocycles. The number of nitrogens with one attached hydrogen (secondary N) is 1. The molecule has 0 saturated carbocycles. The molecule has 0 heterocycles. The summed E-state index contributed by atoms with van der Waals surface area (Å²) in [5.74, 6) is 0.154. The Labute approximate surface area is 149 Å². The van der Waals surface area contributed by atoms with E-state index >= 15 is 0 Å². The second-order valence-corrected chi connectivity index (χ2v) is 6.05. The molecule has 0 saturated heterocycles. The minimum absolute atomic E-state index is 0.303. The number of hydrogen-bond acceptors (Lipinski definition) is 2. The van der Waals surface area contributed by atoms with E-state index < -0.39 is 0 Å². The van der Waals surface area contributed by atoms with Crippen LogP contribution in [0.3, 0.4) is 0 Å². The number of methoxy groups -OCH3 is 1. The molecule has 0 aromatic heterocycles. The van der Waals surface area contributed by atoms with E-state index in [1.807, 2.05) is 13.0 Å². The number of ether oxygens (including phenoxy) is 1. The summed E-state index contributed by atoms with van der Waals surface area (Å²) >= 11 is 18.1. The van der Waals surface area contributed by atoms with Crippen molar-refractivity contribution in [1.29, 1.82) is 0 Å². The molecule has 23 heavy (non-hydrogen) atoms. The Morgan fingerprint density at radius 1 is 1.13 bits per heavy atom. The SMILES string of the molecule is COc1c(Cl)cc(Cl)cc1/C=C/C(=O)Nc1ccc(C)c(Cl)c1. The minimum atomic E-state index is -0.303. The van der Waals surface area contributed by atoms with Crippen molar-refractivity contribution in [1.82, 2.24) is 0 Å². The van der Waals surface area contributed by atoms with E-state index in [0.717, 1.165) is 5.56 Å². The quantitative estimate of drug-likeness (QED) is 0.710. The average Bonchev–Trinajstić information content (AvgIpc) is 2.48. The molecule has 6 heteroatoms. The fourth-order valence-corrected chi connectivity index (χ4v) is 2.71. The number of aryl methyl sites for hydroxylation is 1. The lowest BCUT2D eigenvalue weighted by atomic mass is 10.2. The fourth-order valence-electron chi connectivity index (χ4n) is 1.94. The maximum absolute atomic E-state index is 12.0. The highest BCUT2D eigenvalue weighted by atomic mass is 35.5. The highest BCUT2D eigenvalue weighted by molar-refractivity contribution is 6.36. The largest absolute Gasteiger partial charge is 0.495 e. The van der Waals surface area contributed by atoms with Crippen molar-refractivity contribution in [3.63, 3.8) is 0 Å². The summed E-state index contributed by atoms with van der Waals surface area (Å²) in [6, 6.07) is 8.55. The van der Waals surface area contributed by atoms with Crippen LogP contribution in [0.5, 0.6) is 5.75 Å². The van der Waals surface area contributed by atoms with E-state index in [0.29, 0.717) is 32.1 Å². The van der Waals surface area contributed by atoms with Crippen LogP contribution in [0.25, 0.3) is 6.08 Å². The molecular formula is C17H14Cl3NO2. The minimum Gasteiger partial charge on any atom is -0.495 e. The normalized spacial score (nSPS) is 10.8. The van der Waals surface area contributed by atoms with Gasteiger partial charge < -0.3 is 10.1 Å². The molecule has 0 aliphatic carbocycles. The molecule has 3 nitrogen and oxygen atoms in total. The number of anilines is 1. The van der Waals surface area contributed by atoms with Crippen LogP contribution in [0, 0.1) is 6.92 Å². The number of carbonyl (C=O) groups excluding carboxylic acids is 1. The average molecular weight is 371 g/mol. The van der Waals surface area contributed by atoms with E-state index in [1.165, 1.54) is 13.2 Å². The van der Waals surface area contributed by atoms with Gasteiger partial charge in [-0.05, 0) is 42.8 Å². The number of halogens is 3. The molecule has 0 fully saturated rings. The molecule has 120 valence electrons. The maximum Gasteiger partial charge on any atom is 0.248 e. The van der Waals surface area contributed by atoms with E-state index in [2.05, 4.69) is 5.32 Å². The topological polar surface area (TPSA) is 38.3 Å². The molecule has 1 amide bonds. The van der Waals surface area contributed by atoms with Crippen molar-refractivity contribution in [3.05, 3.63) is 62.6 Å². The van der Waals surface area contributed by atoms with Gasteiger partial charge in [0.25, 0.3) is 0 Å². The van der Waals surface area contributed by atoms with Gasteiger partial charge >= 0.3 is 0 Å². The first-order valence-electron chi connectivity index (χ1n) is 6.69. The molecule has 0 bridgehead atoms. The van der Waals surface area contributed by atoms with Crippen LogP contribution >= 0.6 is 34.8 Å². The standard InChI is InChI=1S/C17H14Cl3NO2/c1-10-3-5-13(9-14(10)19)21-16(22)6-4-11-7-12(18)8-15(20)17(11)23-2/h3-9H,1-2H3,(H,21,22)/b6-4+. The summed E-state index contributed by atoms with van der Waals surface area (Å²) in [5, 5.41) is 4.16. The summed E-state index contributed by atoms with van der Waals surface area (Å²) in [6.07, 6.45) is 2.96. The van der Waals surface area contributed by atoms with Gasteiger partial charge in [-0.3, -0.25) is 4.79 Å². The fraction of sp³-hybridized carbons (Fsp3) is 0.118. The predicted octanol–water partition coefficient (Wildman–Crippen LogP) is 5.62. The zero-order valence-electron chi connectivity index (χ0n) is 12.5. The van der Waals surface area contributed by atoms with E-state index in [1.54, 1.807) is 30.3 Å². The van der Waals surface area contributed by atoms with Gasteiger partial charge in [-0.1, -0.05) is 40.9 Å². The zero-order chi connectivity index (χ0) is 17.0. The summed E-state index contributed by atoms with van der Waals surface area (Å²) in [7, 11) is 1.50. The van der Waals surface area contributed by atoms with Gasteiger partial charge in [-0.15, -0.1) is 0 Å². The predicted molar refractivity (Wildman–Crippen MR) is 96.9 cm³/mol. The summed E-state index contributed by atoms with van der Waals surface area (Å²) in [4.78, 5) is 12.0. The summed E-state index contributed by atoms with van der Waals surface area (Å²) < 4.78 is 5.22. The van der Waals surface area contributed by atoms with Gasteiger partial charge in [0, 0.05) is 27.4 Å². The van der Waals surface area contributed by atoms with Crippen molar-refractivity contribution >= 4 is 52.5 Å². The highest BCUT2D eigenvalue weighted by Gasteiger charge is 2.08. The molecule has 2 aromatic rings. The van der Waals surface area contributed by atoms with Crippen LogP contribution in [0.4, 0.5) is 5.69 Å². The lowest BCUT2D eigenvalue weighted by molar-refractivity contribution is -0.111. The van der Waals surface area contributed by atoms with Crippen molar-refractivity contribution in [3.8, 4) is 5.75 Å². The Morgan fingerprint density at radius 2 is 1.87 bits per heavy atom. The molecule has 0 atom stereocenters. The first kappa shape index (κ1) is 17.7. The third kappa shape index (κ3) is 4.64. The third-order valence-electron chi connectivity index (χ3n) is 3.09. The second kappa shape index (κ2) is 7.73. The Morgan fingerprint density at radius 3 is 2.52 bits per heavy atom. The molecule has 0 aliphatic heterocycles. The molecule has 0 aliphatic rings. The van der Waals surface area contributed by atoms with Gasteiger partial charge in [-0.2, -0.15) is 0 Å². The van der Waals surface area contributed by atoms with Crippen LogP contribution in [0.2, 0.25) is 15.1 Å². The van der Waals surface area contributed by atoms with Gasteiger partial charge in [0.1, 0.15) is 5.75 Å².